The van der Waals surface area contributed by atoms with Gasteiger partial charge in [-0.1, -0.05) is 30.3 Å². The maximum Gasteiger partial charge on any atom is 0.242 e. The summed E-state index contributed by atoms with van der Waals surface area (Å²) >= 11 is 0. The first-order valence-electron chi connectivity index (χ1n) is 13.9. The van der Waals surface area contributed by atoms with Gasteiger partial charge in [-0.2, -0.15) is 0 Å². The van der Waals surface area contributed by atoms with E-state index in [-0.39, 0.29) is 24.4 Å². The maximum atomic E-state index is 14.6. The highest BCUT2D eigenvalue weighted by Gasteiger charge is 2.60. The molecule has 3 aliphatic rings. The van der Waals surface area contributed by atoms with E-state index in [0.717, 1.165) is 34.0 Å². The van der Waals surface area contributed by atoms with Gasteiger partial charge in [0.15, 0.2) is 0 Å². The number of methoxy groups -OCH3 is 1. The molecule has 0 aliphatic carbocycles. The highest BCUT2D eigenvalue weighted by molar-refractivity contribution is 6.11. The Balaban J connectivity index is 1.44. The van der Waals surface area contributed by atoms with Gasteiger partial charge in [0.05, 0.1) is 24.7 Å². The second-order valence-corrected chi connectivity index (χ2v) is 10.8. The zero-order chi connectivity index (χ0) is 27.7. The van der Waals surface area contributed by atoms with E-state index in [2.05, 4.69) is 33.1 Å². The van der Waals surface area contributed by atoms with Crippen molar-refractivity contribution >= 4 is 17.5 Å². The molecule has 2 amide bonds. The Morgan fingerprint density at radius 2 is 1.90 bits per heavy atom. The number of fused-ring (bicyclic) bond motifs is 6. The largest absolute Gasteiger partial charge is 0.494 e. The van der Waals surface area contributed by atoms with Gasteiger partial charge < -0.3 is 19.3 Å². The normalized spacial score (nSPS) is 23.0. The summed E-state index contributed by atoms with van der Waals surface area (Å²) in [6, 6.07) is 15.8. The zero-order valence-electron chi connectivity index (χ0n) is 23.1. The Hall–Kier alpha value is -3.82. The molecule has 2 aromatic carbocycles. The first kappa shape index (κ1) is 26.4. The van der Waals surface area contributed by atoms with E-state index in [1.54, 1.807) is 24.0 Å². The van der Waals surface area contributed by atoms with E-state index in [0.29, 0.717) is 52.1 Å². The number of para-hydroxylation sites is 1. The number of likely N-dealkylation sites (tertiary alicyclic amines) is 1. The van der Waals surface area contributed by atoms with Crippen LogP contribution in [0.1, 0.15) is 41.4 Å². The summed E-state index contributed by atoms with van der Waals surface area (Å²) in [5.41, 5.74) is 3.00. The Labute approximate surface area is 234 Å². The Kier molecular flexibility index (Phi) is 7.25. The highest BCUT2D eigenvalue weighted by atomic mass is 16.5. The molecule has 0 saturated carbocycles. The monoisotopic (exact) mass is 541 g/mol. The lowest BCUT2D eigenvalue weighted by Crippen LogP contribution is -2.47. The number of hydrogen-bond acceptors (Lipinski definition) is 7. The predicted octanol–water partition coefficient (Wildman–Crippen LogP) is 3.14. The van der Waals surface area contributed by atoms with Gasteiger partial charge in [-0.25, -0.2) is 9.97 Å². The van der Waals surface area contributed by atoms with E-state index >= 15 is 0 Å². The molecule has 0 N–H and O–H groups in total. The molecule has 6 rings (SSSR count). The van der Waals surface area contributed by atoms with Gasteiger partial charge in [-0.3, -0.25) is 14.5 Å². The fourth-order valence-corrected chi connectivity index (χ4v) is 6.44. The number of amides is 2. The minimum Gasteiger partial charge on any atom is -0.494 e. The van der Waals surface area contributed by atoms with Gasteiger partial charge in [-0.15, -0.1) is 0 Å². The smallest absolute Gasteiger partial charge is 0.242 e. The van der Waals surface area contributed by atoms with E-state index < -0.39 is 5.41 Å². The molecule has 2 atom stereocenters. The molecule has 3 aromatic rings. The molecule has 0 radical (unpaired) electrons. The molecule has 9 nitrogen and oxygen atoms in total. The average molecular weight is 542 g/mol. The second kappa shape index (κ2) is 11.0. The van der Waals surface area contributed by atoms with Crippen molar-refractivity contribution in [3.05, 3.63) is 83.4 Å². The van der Waals surface area contributed by atoms with Crippen LogP contribution < -0.4 is 9.64 Å². The number of benzene rings is 2. The molecule has 4 heterocycles. The van der Waals surface area contributed by atoms with Gasteiger partial charge in [-0.05, 0) is 42.2 Å². The van der Waals surface area contributed by atoms with Crippen LogP contribution in [0.15, 0.2) is 60.9 Å². The summed E-state index contributed by atoms with van der Waals surface area (Å²) in [5, 5.41) is 0. The predicted molar refractivity (Wildman–Crippen MR) is 150 cm³/mol. The van der Waals surface area contributed by atoms with Crippen molar-refractivity contribution in [1.82, 2.24) is 19.8 Å². The van der Waals surface area contributed by atoms with Crippen LogP contribution in [0.3, 0.4) is 0 Å². The number of hydrogen-bond donors (Lipinski definition) is 0. The molecule has 1 saturated heterocycles. The van der Waals surface area contributed by atoms with E-state index in [1.165, 1.54) is 0 Å². The first-order chi connectivity index (χ1) is 19.5. The first-order valence-corrected chi connectivity index (χ1v) is 13.9. The van der Waals surface area contributed by atoms with Crippen molar-refractivity contribution in [2.75, 3.05) is 51.9 Å². The summed E-state index contributed by atoms with van der Waals surface area (Å²) in [6.45, 7) is 2.98. The van der Waals surface area contributed by atoms with Crippen LogP contribution in [0.25, 0.3) is 0 Å². The van der Waals surface area contributed by atoms with Crippen LogP contribution in [-0.4, -0.2) is 78.6 Å². The lowest BCUT2D eigenvalue weighted by Gasteiger charge is -2.35. The van der Waals surface area contributed by atoms with Gasteiger partial charge in [0, 0.05) is 63.9 Å². The van der Waals surface area contributed by atoms with E-state index in [1.807, 2.05) is 42.7 Å². The highest BCUT2D eigenvalue weighted by Crippen LogP contribution is 2.57. The third kappa shape index (κ3) is 4.63. The van der Waals surface area contributed by atoms with Crippen LogP contribution >= 0.6 is 0 Å². The molecule has 9 heteroatoms. The number of aromatic nitrogens is 2. The summed E-state index contributed by atoms with van der Waals surface area (Å²) in [4.78, 5) is 42.7. The van der Waals surface area contributed by atoms with Crippen molar-refractivity contribution in [2.24, 2.45) is 0 Å². The molecule has 1 fully saturated rings. The quantitative estimate of drug-likeness (QED) is 0.491. The molecule has 3 aliphatic heterocycles. The molecule has 4 bridgehead atoms. The standard InChI is InChI=1S/C31H35N5O4/c1-34-13-6-15-40-24-8-5-7-23(17-24)29-31(25-9-3-4-10-26(25)36(30(31)38)21-28(34)37)12-14-35(29)20-22-18-32-27(33-19-22)11-16-39-2/h3-5,7-10,17-19,29H,6,11-16,20-21H2,1-2H3/t29-,31+/m0/s1. The summed E-state index contributed by atoms with van der Waals surface area (Å²) < 4.78 is 11.3. The molecule has 0 unspecified atom stereocenters. The van der Waals surface area contributed by atoms with Crippen LogP contribution in [0, 0.1) is 0 Å². The van der Waals surface area contributed by atoms with Crippen molar-refractivity contribution in [3.8, 4) is 5.75 Å². The van der Waals surface area contributed by atoms with Crippen LogP contribution in [0.4, 0.5) is 5.69 Å². The fraction of sp³-hybridized carbons (Fsp3) is 0.419. The molecular weight excluding hydrogens is 506 g/mol. The van der Waals surface area contributed by atoms with Crippen molar-refractivity contribution in [3.63, 3.8) is 0 Å². The van der Waals surface area contributed by atoms with Crippen LogP contribution in [0.2, 0.25) is 0 Å². The number of rotatable bonds is 5. The number of ether oxygens (including phenoxy) is 2. The molecule has 1 spiro atoms. The van der Waals surface area contributed by atoms with Gasteiger partial charge >= 0.3 is 0 Å². The molecule has 1 aromatic heterocycles. The average Bonchev–Trinajstić information content (AvgIpc) is 3.46. The third-order valence-corrected chi connectivity index (χ3v) is 8.40. The number of carbonyl (C=O) groups excluding carboxylic acids is 2. The molecular formula is C31H35N5O4. The van der Waals surface area contributed by atoms with Gasteiger partial charge in [0.1, 0.15) is 18.1 Å². The number of likely N-dealkylation sites (N-methyl/N-ethyl adjacent to an activating group) is 1. The third-order valence-electron chi connectivity index (χ3n) is 8.40. The van der Waals surface area contributed by atoms with E-state index in [9.17, 15) is 9.59 Å². The van der Waals surface area contributed by atoms with Gasteiger partial charge in [0.2, 0.25) is 11.8 Å². The Morgan fingerprint density at radius 3 is 2.73 bits per heavy atom. The summed E-state index contributed by atoms with van der Waals surface area (Å²) in [5.74, 6) is 1.42. The fourth-order valence-electron chi connectivity index (χ4n) is 6.44. The summed E-state index contributed by atoms with van der Waals surface area (Å²) in [6.07, 6.45) is 5.75. The lowest BCUT2D eigenvalue weighted by molar-refractivity contribution is -0.131. The number of anilines is 1. The SMILES string of the molecule is COCCc1ncc(CN2CC[C@]34C(=O)N(CC(=O)N(C)CCCOc5cccc(c5)[C@H]23)c2ccccc24)cn1. The minimum atomic E-state index is -0.822. The minimum absolute atomic E-state index is 0.0162. The van der Waals surface area contributed by atoms with Crippen LogP contribution in [-0.2, 0) is 32.7 Å². The lowest BCUT2D eigenvalue weighted by atomic mass is 9.72. The molecule has 40 heavy (non-hydrogen) atoms. The van der Waals surface area contributed by atoms with Crippen LogP contribution in [0.5, 0.6) is 5.75 Å². The Bertz CT molecular complexity index is 1400. The van der Waals surface area contributed by atoms with Crippen molar-refractivity contribution in [2.45, 2.75) is 37.3 Å². The van der Waals surface area contributed by atoms with Crippen molar-refractivity contribution < 1.29 is 19.1 Å². The zero-order valence-corrected chi connectivity index (χ0v) is 23.1. The second-order valence-electron chi connectivity index (χ2n) is 10.8. The number of nitrogens with zero attached hydrogens (tertiary/aromatic N) is 5. The van der Waals surface area contributed by atoms with E-state index in [4.69, 9.17) is 9.47 Å². The number of carbonyl (C=O) groups is 2. The maximum absolute atomic E-state index is 14.6. The van der Waals surface area contributed by atoms with Gasteiger partial charge in [0.25, 0.3) is 0 Å². The van der Waals surface area contributed by atoms with Crippen molar-refractivity contribution in [1.29, 1.82) is 0 Å². The topological polar surface area (TPSA) is 88.1 Å². The Morgan fingerprint density at radius 1 is 1.07 bits per heavy atom. The molecule has 208 valence electrons. The summed E-state index contributed by atoms with van der Waals surface area (Å²) in [7, 11) is 3.46.